The molecule has 0 bridgehead atoms. The predicted octanol–water partition coefficient (Wildman–Crippen LogP) is 3.85. The third-order valence-corrected chi connectivity index (χ3v) is 6.74. The highest BCUT2D eigenvalue weighted by Crippen LogP contribution is 2.28. The monoisotopic (exact) mass is 378 g/mol. The Balaban J connectivity index is 2.04. The van der Waals surface area contributed by atoms with E-state index in [0.29, 0.717) is 10.8 Å². The molecule has 0 aliphatic carbocycles. The van der Waals surface area contributed by atoms with E-state index in [1.165, 1.54) is 0 Å². The Hall–Kier alpha value is -1.40. The fourth-order valence-electron chi connectivity index (χ4n) is 3.52. The van der Waals surface area contributed by atoms with Crippen LogP contribution in [0.15, 0.2) is 23.1 Å². The zero-order chi connectivity index (χ0) is 18.9. The molecular weight excluding hydrogens is 348 g/mol. The van der Waals surface area contributed by atoms with Gasteiger partial charge < -0.3 is 9.30 Å². The van der Waals surface area contributed by atoms with Gasteiger partial charge in [0.25, 0.3) is 0 Å². The van der Waals surface area contributed by atoms with Crippen molar-refractivity contribution in [3.63, 3.8) is 0 Å². The van der Waals surface area contributed by atoms with Crippen molar-refractivity contribution in [2.75, 3.05) is 19.0 Å². The topological polar surface area (TPSA) is 61.2 Å². The van der Waals surface area contributed by atoms with Crippen LogP contribution in [0.4, 0.5) is 0 Å². The van der Waals surface area contributed by atoms with Crippen molar-refractivity contribution >= 4 is 20.9 Å². The summed E-state index contributed by atoms with van der Waals surface area (Å²) in [4.78, 5) is 5.21. The van der Waals surface area contributed by atoms with Gasteiger partial charge in [0.15, 0.2) is 9.84 Å². The minimum absolute atomic E-state index is 0.107. The maximum atomic E-state index is 12.2. The van der Waals surface area contributed by atoms with E-state index in [1.807, 2.05) is 6.07 Å². The van der Waals surface area contributed by atoms with Gasteiger partial charge in [-0.3, -0.25) is 0 Å². The molecule has 1 aromatic carbocycles. The van der Waals surface area contributed by atoms with Crippen molar-refractivity contribution in [2.45, 2.75) is 58.4 Å². The number of hydrogen-bond donors (Lipinski definition) is 0. The van der Waals surface area contributed by atoms with Crippen LogP contribution < -0.4 is 0 Å². The van der Waals surface area contributed by atoms with Gasteiger partial charge in [-0.2, -0.15) is 0 Å². The van der Waals surface area contributed by atoms with Crippen molar-refractivity contribution < 1.29 is 13.2 Å². The maximum Gasteiger partial charge on any atom is 0.178 e. The lowest BCUT2D eigenvalue weighted by Crippen LogP contribution is -2.22. The molecule has 6 heteroatoms. The Morgan fingerprint density at radius 3 is 2.54 bits per heavy atom. The predicted molar refractivity (Wildman–Crippen MR) is 104 cm³/mol. The van der Waals surface area contributed by atoms with Gasteiger partial charge in [0.2, 0.25) is 0 Å². The Labute approximate surface area is 156 Å². The average Bonchev–Trinajstić information content (AvgIpc) is 2.90. The van der Waals surface area contributed by atoms with E-state index < -0.39 is 9.84 Å². The smallest absolute Gasteiger partial charge is 0.178 e. The summed E-state index contributed by atoms with van der Waals surface area (Å²) in [5.41, 5.74) is 1.93. The first-order valence-corrected chi connectivity index (χ1v) is 11.1. The van der Waals surface area contributed by atoms with Crippen molar-refractivity contribution in [2.24, 2.45) is 11.3 Å². The van der Waals surface area contributed by atoms with Gasteiger partial charge in [-0.25, -0.2) is 13.4 Å². The zero-order valence-electron chi connectivity index (χ0n) is 16.3. The van der Waals surface area contributed by atoms with Crippen LogP contribution in [0.3, 0.4) is 0 Å². The van der Waals surface area contributed by atoms with E-state index in [9.17, 15) is 8.42 Å². The average molecular weight is 379 g/mol. The normalized spacial score (nSPS) is 17.1. The molecule has 2 heterocycles. The molecule has 5 nitrogen and oxygen atoms in total. The first kappa shape index (κ1) is 19.4. The van der Waals surface area contributed by atoms with Gasteiger partial charge in [0.05, 0.1) is 21.7 Å². The Bertz CT molecular complexity index is 872. The highest BCUT2D eigenvalue weighted by atomic mass is 32.2. The quantitative estimate of drug-likeness (QED) is 0.793. The van der Waals surface area contributed by atoms with Crippen molar-refractivity contribution in [3.8, 4) is 0 Å². The van der Waals surface area contributed by atoms with Crippen molar-refractivity contribution in [1.29, 1.82) is 0 Å². The molecule has 0 radical (unpaired) electrons. The second-order valence-corrected chi connectivity index (χ2v) is 10.8. The van der Waals surface area contributed by atoms with Gasteiger partial charge in [0, 0.05) is 26.2 Å². The molecule has 0 amide bonds. The highest BCUT2D eigenvalue weighted by Gasteiger charge is 2.23. The summed E-state index contributed by atoms with van der Waals surface area (Å²) in [5, 5.41) is 0. The maximum absolute atomic E-state index is 12.2. The van der Waals surface area contributed by atoms with Crippen LogP contribution >= 0.6 is 0 Å². The minimum atomic E-state index is -3.22. The molecule has 0 unspecified atom stereocenters. The third kappa shape index (κ3) is 4.29. The molecule has 26 heavy (non-hydrogen) atoms. The molecule has 1 saturated heterocycles. The number of imidazole rings is 1. The molecule has 1 fully saturated rings. The van der Waals surface area contributed by atoms with Crippen LogP contribution in [0.1, 0.15) is 46.4 Å². The number of rotatable bonds is 5. The summed E-state index contributed by atoms with van der Waals surface area (Å²) in [6, 6.07) is 5.39. The second kappa shape index (κ2) is 7.31. The Morgan fingerprint density at radius 2 is 1.92 bits per heavy atom. The molecule has 1 aliphatic heterocycles. The number of aromatic nitrogens is 2. The Morgan fingerprint density at radius 1 is 1.23 bits per heavy atom. The summed E-state index contributed by atoms with van der Waals surface area (Å²) >= 11 is 0. The van der Waals surface area contributed by atoms with Gasteiger partial charge in [-0.15, -0.1) is 0 Å². The fourth-order valence-corrected chi connectivity index (χ4v) is 4.42. The van der Waals surface area contributed by atoms with Crippen LogP contribution in [0.5, 0.6) is 0 Å². The standard InChI is InChI=1S/C20H30N2O3S/c1-5-26(23,24)16-6-7-18-17(12-16)21-19(13-20(2,3)4)22(18)14-15-8-10-25-11-9-15/h6-7,12,15H,5,8-11,13-14H2,1-4H3. The van der Waals surface area contributed by atoms with Crippen LogP contribution in [-0.2, 0) is 27.5 Å². The molecule has 3 rings (SSSR count). The number of sulfone groups is 1. The zero-order valence-corrected chi connectivity index (χ0v) is 17.1. The summed E-state index contributed by atoms with van der Waals surface area (Å²) in [7, 11) is -3.22. The SMILES string of the molecule is CCS(=O)(=O)c1ccc2c(c1)nc(CC(C)(C)C)n2CC1CCOCC1. The lowest BCUT2D eigenvalue weighted by atomic mass is 9.91. The number of nitrogens with zero attached hydrogens (tertiary/aromatic N) is 2. The van der Waals surface area contributed by atoms with E-state index in [4.69, 9.17) is 9.72 Å². The largest absolute Gasteiger partial charge is 0.381 e. The van der Waals surface area contributed by atoms with E-state index in [-0.39, 0.29) is 11.2 Å². The third-order valence-electron chi connectivity index (χ3n) is 5.01. The van der Waals surface area contributed by atoms with Gasteiger partial charge in [-0.05, 0) is 42.4 Å². The lowest BCUT2D eigenvalue weighted by molar-refractivity contribution is 0.0612. The van der Waals surface area contributed by atoms with Crippen LogP contribution in [-0.4, -0.2) is 36.9 Å². The molecule has 1 aliphatic rings. The second-order valence-electron chi connectivity index (χ2n) is 8.49. The lowest BCUT2D eigenvalue weighted by Gasteiger charge is -2.25. The molecule has 144 valence electrons. The summed E-state index contributed by atoms with van der Waals surface area (Å²) in [5.74, 6) is 1.74. The molecule has 0 atom stereocenters. The van der Waals surface area contributed by atoms with E-state index in [1.54, 1.807) is 19.1 Å². The number of hydrogen-bond acceptors (Lipinski definition) is 4. The van der Waals surface area contributed by atoms with Gasteiger partial charge in [-0.1, -0.05) is 27.7 Å². The summed E-state index contributed by atoms with van der Waals surface area (Å²) in [6.07, 6.45) is 2.99. The van der Waals surface area contributed by atoms with E-state index >= 15 is 0 Å². The summed E-state index contributed by atoms with van der Waals surface area (Å²) in [6.45, 7) is 10.9. The van der Waals surface area contributed by atoms with Crippen LogP contribution in [0, 0.1) is 11.3 Å². The minimum Gasteiger partial charge on any atom is -0.381 e. The highest BCUT2D eigenvalue weighted by molar-refractivity contribution is 7.91. The van der Waals surface area contributed by atoms with Crippen LogP contribution in [0.25, 0.3) is 11.0 Å². The molecule has 2 aromatic rings. The number of fused-ring (bicyclic) bond motifs is 1. The van der Waals surface area contributed by atoms with E-state index in [2.05, 4.69) is 25.3 Å². The molecule has 1 aromatic heterocycles. The molecule has 0 saturated carbocycles. The first-order valence-electron chi connectivity index (χ1n) is 9.49. The fraction of sp³-hybridized carbons (Fsp3) is 0.650. The summed E-state index contributed by atoms with van der Waals surface area (Å²) < 4.78 is 32.3. The van der Waals surface area contributed by atoms with Crippen molar-refractivity contribution in [1.82, 2.24) is 9.55 Å². The van der Waals surface area contributed by atoms with Crippen molar-refractivity contribution in [3.05, 3.63) is 24.0 Å². The number of ether oxygens (including phenoxy) is 1. The molecule has 0 N–H and O–H groups in total. The number of benzene rings is 1. The van der Waals surface area contributed by atoms with Crippen LogP contribution in [0.2, 0.25) is 0 Å². The van der Waals surface area contributed by atoms with Gasteiger partial charge in [0.1, 0.15) is 5.82 Å². The van der Waals surface area contributed by atoms with E-state index in [0.717, 1.165) is 55.9 Å². The van der Waals surface area contributed by atoms with Gasteiger partial charge >= 0.3 is 0 Å². The first-order chi connectivity index (χ1) is 12.2. The molecule has 0 spiro atoms. The Kier molecular flexibility index (Phi) is 5.45. The molecular formula is C20H30N2O3S.